The summed E-state index contributed by atoms with van der Waals surface area (Å²) in [6.45, 7) is 8.17. The molecule has 2 atom stereocenters. The molecule has 4 aromatic rings. The molecule has 200 valence electrons. The molecule has 0 amide bonds. The van der Waals surface area contributed by atoms with Crippen LogP contribution in [0.2, 0.25) is 5.02 Å². The van der Waals surface area contributed by atoms with Crippen molar-refractivity contribution in [3.8, 4) is 22.8 Å². The molecule has 1 N–H and O–H groups in total. The van der Waals surface area contributed by atoms with Crippen molar-refractivity contribution in [2.24, 2.45) is 0 Å². The fourth-order valence-corrected chi connectivity index (χ4v) is 4.94. The Morgan fingerprint density at radius 3 is 2.63 bits per heavy atom. The third-order valence-corrected chi connectivity index (χ3v) is 7.95. The summed E-state index contributed by atoms with van der Waals surface area (Å²) < 4.78 is 27.8. The van der Waals surface area contributed by atoms with Gasteiger partial charge in [0.2, 0.25) is 0 Å². The van der Waals surface area contributed by atoms with Gasteiger partial charge in [-0.05, 0) is 63.6 Å². The Labute approximate surface area is 230 Å². The summed E-state index contributed by atoms with van der Waals surface area (Å²) in [6.07, 6.45) is 1.67. The maximum absolute atomic E-state index is 12.5. The van der Waals surface area contributed by atoms with E-state index in [0.717, 1.165) is 22.0 Å². The van der Waals surface area contributed by atoms with Crippen LogP contribution in [0, 0.1) is 0 Å². The quantitative estimate of drug-likeness (QED) is 0.280. The van der Waals surface area contributed by atoms with Crippen LogP contribution >= 0.6 is 11.6 Å². The Hall–Kier alpha value is -3.11. The van der Waals surface area contributed by atoms with Crippen LogP contribution in [-0.4, -0.2) is 37.8 Å². The zero-order valence-corrected chi connectivity index (χ0v) is 23.6. The molecule has 2 aromatic heterocycles. The predicted molar refractivity (Wildman–Crippen MR) is 152 cm³/mol. The minimum atomic E-state index is -1.23. The Morgan fingerprint density at radius 2 is 1.92 bits per heavy atom. The van der Waals surface area contributed by atoms with Crippen molar-refractivity contribution in [2.45, 2.75) is 45.0 Å². The van der Waals surface area contributed by atoms with E-state index in [1.165, 1.54) is 10.7 Å². The van der Waals surface area contributed by atoms with Crippen molar-refractivity contribution in [2.75, 3.05) is 13.7 Å². The number of fused-ring (bicyclic) bond motifs is 1. The molecular formula is C28H31ClN4O4S. The van der Waals surface area contributed by atoms with Gasteiger partial charge in [-0.2, -0.15) is 5.10 Å². The van der Waals surface area contributed by atoms with Crippen LogP contribution in [0.1, 0.15) is 39.3 Å². The maximum Gasteiger partial charge on any atom is 0.266 e. The molecule has 0 saturated carbocycles. The first-order chi connectivity index (χ1) is 18.1. The van der Waals surface area contributed by atoms with E-state index in [1.807, 2.05) is 58.0 Å². The molecule has 0 aliphatic rings. The van der Waals surface area contributed by atoms with Gasteiger partial charge in [-0.1, -0.05) is 23.7 Å². The normalized spacial score (nSPS) is 13.3. The van der Waals surface area contributed by atoms with Crippen LogP contribution in [0.5, 0.6) is 11.5 Å². The number of aromatic nitrogens is 3. The van der Waals surface area contributed by atoms with Crippen molar-refractivity contribution in [3.05, 3.63) is 81.7 Å². The number of hydrogen-bond donors (Lipinski definition) is 1. The van der Waals surface area contributed by atoms with Crippen LogP contribution in [0.4, 0.5) is 0 Å². The van der Waals surface area contributed by atoms with Crippen LogP contribution in [0.25, 0.3) is 22.2 Å². The summed E-state index contributed by atoms with van der Waals surface area (Å²) in [5.41, 5.74) is 2.74. The number of nitrogens with zero attached hydrogens (tertiary/aromatic N) is 3. The van der Waals surface area contributed by atoms with Crippen LogP contribution < -0.4 is 19.8 Å². The topological polar surface area (TPSA) is 101 Å². The number of ether oxygens (including phenoxy) is 2. The summed E-state index contributed by atoms with van der Waals surface area (Å²) in [5, 5.41) is 5.91. The molecule has 0 aliphatic carbocycles. The molecule has 0 saturated heterocycles. The lowest BCUT2D eigenvalue weighted by Crippen LogP contribution is -2.40. The number of benzene rings is 2. The first kappa shape index (κ1) is 27.9. The van der Waals surface area contributed by atoms with Crippen molar-refractivity contribution in [1.82, 2.24) is 19.5 Å². The van der Waals surface area contributed by atoms with Gasteiger partial charge in [0.15, 0.2) is 0 Å². The van der Waals surface area contributed by atoms with Gasteiger partial charge in [-0.15, -0.1) is 4.72 Å². The second-order valence-corrected chi connectivity index (χ2v) is 12.2. The molecule has 4 rings (SSSR count). The van der Waals surface area contributed by atoms with Gasteiger partial charge in [-0.25, -0.2) is 4.68 Å². The standard InChI is InChI=1S/C28H31ClN4O4S/c1-18(32-38(35)28(2,3)4)21-8-6-19(16-23(21)29)24-10-11-27(34)33(31-24)14-15-37-26-12-13-30-25-17-20(36-5)7-9-22(25)26/h6-13,16-18,32H,14-15H2,1-5H3/t18-,38+/m1/s1. The third-order valence-electron chi connectivity index (χ3n) is 5.94. The fourth-order valence-electron chi connectivity index (χ4n) is 3.80. The predicted octanol–water partition coefficient (Wildman–Crippen LogP) is 5.31. The van der Waals surface area contributed by atoms with Gasteiger partial charge >= 0.3 is 0 Å². The van der Waals surface area contributed by atoms with E-state index in [2.05, 4.69) is 14.8 Å². The smallest absolute Gasteiger partial charge is 0.266 e. The van der Waals surface area contributed by atoms with E-state index in [4.69, 9.17) is 21.1 Å². The van der Waals surface area contributed by atoms with E-state index < -0.39 is 11.4 Å². The summed E-state index contributed by atoms with van der Waals surface area (Å²) in [6, 6.07) is 15.9. The summed E-state index contributed by atoms with van der Waals surface area (Å²) >= 11 is 5.36. The molecule has 0 radical (unpaired) electrons. The van der Waals surface area contributed by atoms with Crippen LogP contribution in [0.15, 0.2) is 65.6 Å². The zero-order chi connectivity index (χ0) is 27.4. The van der Waals surface area contributed by atoms with E-state index in [9.17, 15) is 9.35 Å². The average molecular weight is 555 g/mol. The highest BCUT2D eigenvalue weighted by Gasteiger charge is 2.29. The van der Waals surface area contributed by atoms with Gasteiger partial charge in [0.1, 0.15) is 22.9 Å². The van der Waals surface area contributed by atoms with E-state index in [1.54, 1.807) is 31.5 Å². The second kappa shape index (κ2) is 11.7. The first-order valence-electron chi connectivity index (χ1n) is 12.2. The van der Waals surface area contributed by atoms with E-state index in [-0.39, 0.29) is 29.5 Å². The fraction of sp³-hybridized carbons (Fsp3) is 0.321. The van der Waals surface area contributed by atoms with Crippen molar-refractivity contribution in [1.29, 1.82) is 0 Å². The number of hydrogen-bond acceptors (Lipinski definition) is 7. The number of halogens is 1. The molecule has 0 aliphatic heterocycles. The highest BCUT2D eigenvalue weighted by Crippen LogP contribution is 2.30. The lowest BCUT2D eigenvalue weighted by molar-refractivity contribution is 0.291. The first-order valence-corrected chi connectivity index (χ1v) is 13.7. The second-order valence-electron chi connectivity index (χ2n) is 9.78. The maximum atomic E-state index is 12.5. The van der Waals surface area contributed by atoms with Crippen LogP contribution in [0.3, 0.4) is 0 Å². The average Bonchev–Trinajstić information content (AvgIpc) is 2.88. The molecule has 10 heteroatoms. The molecular weight excluding hydrogens is 524 g/mol. The Balaban J connectivity index is 1.47. The molecule has 2 heterocycles. The molecule has 0 bridgehead atoms. The van der Waals surface area contributed by atoms with Gasteiger partial charge in [0.05, 0.1) is 30.9 Å². The molecule has 38 heavy (non-hydrogen) atoms. The molecule has 8 nitrogen and oxygen atoms in total. The lowest BCUT2D eigenvalue weighted by atomic mass is 10.0. The highest BCUT2D eigenvalue weighted by molar-refractivity contribution is 7.90. The van der Waals surface area contributed by atoms with Crippen LogP contribution in [-0.2, 0) is 17.9 Å². The monoisotopic (exact) mass is 554 g/mol. The highest BCUT2D eigenvalue weighted by atomic mass is 35.5. The Kier molecular flexibility index (Phi) is 8.62. The number of nitrogens with one attached hydrogen (secondary N) is 1. The Morgan fingerprint density at radius 1 is 1.13 bits per heavy atom. The number of methoxy groups -OCH3 is 1. The minimum Gasteiger partial charge on any atom is -0.598 e. The summed E-state index contributed by atoms with van der Waals surface area (Å²) in [4.78, 5) is 16.8. The number of pyridine rings is 1. The molecule has 0 unspecified atom stereocenters. The summed E-state index contributed by atoms with van der Waals surface area (Å²) in [7, 11) is 1.61. The lowest BCUT2D eigenvalue weighted by Gasteiger charge is -2.27. The van der Waals surface area contributed by atoms with Gasteiger partial charge < -0.3 is 14.0 Å². The molecule has 2 aromatic carbocycles. The Bertz CT molecular complexity index is 1490. The third kappa shape index (κ3) is 6.47. The minimum absolute atomic E-state index is 0.207. The van der Waals surface area contributed by atoms with Gasteiger partial charge in [0, 0.05) is 45.7 Å². The largest absolute Gasteiger partial charge is 0.598 e. The van der Waals surface area contributed by atoms with Gasteiger partial charge in [0.25, 0.3) is 5.56 Å². The number of rotatable bonds is 9. The van der Waals surface area contributed by atoms with Gasteiger partial charge in [-0.3, -0.25) is 9.78 Å². The van der Waals surface area contributed by atoms with Crippen molar-refractivity contribution < 1.29 is 14.0 Å². The van der Waals surface area contributed by atoms with Crippen molar-refractivity contribution in [3.63, 3.8) is 0 Å². The molecule has 0 fully saturated rings. The SMILES string of the molecule is COc1ccc2c(OCCn3nc(-c4ccc([C@@H](C)N[S@@+]([O-])C(C)(C)C)c(Cl)c4)ccc3=O)ccnc2c1. The summed E-state index contributed by atoms with van der Waals surface area (Å²) in [5.74, 6) is 1.38. The zero-order valence-electron chi connectivity index (χ0n) is 22.0. The van der Waals surface area contributed by atoms with E-state index in [0.29, 0.717) is 22.2 Å². The van der Waals surface area contributed by atoms with Crippen molar-refractivity contribution >= 4 is 33.9 Å². The van der Waals surface area contributed by atoms with E-state index >= 15 is 0 Å². The molecule has 0 spiro atoms.